The summed E-state index contributed by atoms with van der Waals surface area (Å²) in [6, 6.07) is 4.01. The Kier molecular flexibility index (Phi) is 4.78. The topological polar surface area (TPSA) is 46.5 Å². The highest BCUT2D eigenvalue weighted by Crippen LogP contribution is 2.19. The first-order valence-electron chi connectivity index (χ1n) is 5.00. The number of methoxy groups -OCH3 is 1. The van der Waals surface area contributed by atoms with Crippen molar-refractivity contribution >= 4 is 17.3 Å². The van der Waals surface area contributed by atoms with Crippen molar-refractivity contribution in [1.82, 2.24) is 0 Å². The van der Waals surface area contributed by atoms with E-state index in [0.29, 0.717) is 6.42 Å². The lowest BCUT2D eigenvalue weighted by Crippen LogP contribution is -2.23. The number of aliphatic hydroxyl groups is 1. The lowest BCUT2D eigenvalue weighted by Gasteiger charge is -2.05. The number of aryl methyl sites for hydroxylation is 1. The van der Waals surface area contributed by atoms with Crippen LogP contribution in [0.3, 0.4) is 0 Å². The summed E-state index contributed by atoms with van der Waals surface area (Å²) in [5, 5.41) is 9.44. The fourth-order valence-electron chi connectivity index (χ4n) is 1.32. The first kappa shape index (κ1) is 12.2. The summed E-state index contributed by atoms with van der Waals surface area (Å²) >= 11 is 1.65. The third kappa shape index (κ3) is 3.64. The van der Waals surface area contributed by atoms with Gasteiger partial charge in [0.05, 0.1) is 7.11 Å². The van der Waals surface area contributed by atoms with Crippen LogP contribution in [0.1, 0.15) is 23.1 Å². The van der Waals surface area contributed by atoms with E-state index in [4.69, 9.17) is 0 Å². The van der Waals surface area contributed by atoms with Crippen molar-refractivity contribution in [3.8, 4) is 0 Å². The van der Waals surface area contributed by atoms with Crippen molar-refractivity contribution in [3.63, 3.8) is 0 Å². The molecule has 15 heavy (non-hydrogen) atoms. The summed E-state index contributed by atoms with van der Waals surface area (Å²) in [6.45, 7) is 2.13. The van der Waals surface area contributed by atoms with Crippen molar-refractivity contribution in [2.24, 2.45) is 0 Å². The van der Waals surface area contributed by atoms with E-state index in [2.05, 4.69) is 11.7 Å². The Bertz CT molecular complexity index is 319. The third-order valence-electron chi connectivity index (χ3n) is 2.08. The molecule has 3 nitrogen and oxygen atoms in total. The van der Waals surface area contributed by atoms with Crippen LogP contribution in [0.4, 0.5) is 0 Å². The number of carbonyl (C=O) groups excluding carboxylic acids is 1. The second kappa shape index (κ2) is 5.88. The summed E-state index contributed by atoms with van der Waals surface area (Å²) in [6.07, 6.45) is 1.47. The first-order valence-corrected chi connectivity index (χ1v) is 5.82. The van der Waals surface area contributed by atoms with Gasteiger partial charge in [0, 0.05) is 16.2 Å². The zero-order chi connectivity index (χ0) is 11.3. The van der Waals surface area contributed by atoms with Gasteiger partial charge in [-0.15, -0.1) is 11.3 Å². The molecule has 1 unspecified atom stereocenters. The fraction of sp³-hybridized carbons (Fsp3) is 0.545. The SMILES string of the molecule is CCCc1ccc(CC(O)C(=O)OC)s1. The van der Waals surface area contributed by atoms with Crippen LogP contribution >= 0.6 is 11.3 Å². The minimum atomic E-state index is -1.04. The van der Waals surface area contributed by atoms with Gasteiger partial charge in [0.1, 0.15) is 0 Å². The molecule has 1 N–H and O–H groups in total. The van der Waals surface area contributed by atoms with Crippen LogP contribution in [0, 0.1) is 0 Å². The highest BCUT2D eigenvalue weighted by atomic mass is 32.1. The molecule has 84 valence electrons. The van der Waals surface area contributed by atoms with E-state index >= 15 is 0 Å². The first-order chi connectivity index (χ1) is 7.17. The molecule has 1 aromatic heterocycles. The molecular formula is C11H16O3S. The Hall–Kier alpha value is -0.870. The Labute approximate surface area is 93.7 Å². The number of esters is 1. The maximum Gasteiger partial charge on any atom is 0.335 e. The standard InChI is InChI=1S/C11H16O3S/c1-3-4-8-5-6-9(15-8)7-10(12)11(13)14-2/h5-6,10,12H,3-4,7H2,1-2H3. The van der Waals surface area contributed by atoms with Crippen molar-refractivity contribution in [2.45, 2.75) is 32.3 Å². The molecule has 0 aliphatic carbocycles. The quantitative estimate of drug-likeness (QED) is 0.781. The molecule has 0 fully saturated rings. The number of rotatable bonds is 5. The van der Waals surface area contributed by atoms with E-state index in [0.717, 1.165) is 17.7 Å². The van der Waals surface area contributed by atoms with Crippen molar-refractivity contribution in [2.75, 3.05) is 7.11 Å². The van der Waals surface area contributed by atoms with E-state index in [1.54, 1.807) is 11.3 Å². The normalized spacial score (nSPS) is 12.5. The number of carbonyl (C=O) groups is 1. The van der Waals surface area contributed by atoms with Crippen LogP contribution in [-0.2, 0) is 22.4 Å². The molecule has 0 aliphatic rings. The second-order valence-electron chi connectivity index (χ2n) is 3.36. The van der Waals surface area contributed by atoms with Crippen LogP contribution in [-0.4, -0.2) is 24.3 Å². The molecular weight excluding hydrogens is 212 g/mol. The van der Waals surface area contributed by atoms with Gasteiger partial charge in [-0.3, -0.25) is 0 Å². The molecule has 1 atom stereocenters. The van der Waals surface area contributed by atoms with Crippen LogP contribution in [0.15, 0.2) is 12.1 Å². The Balaban J connectivity index is 2.53. The molecule has 4 heteroatoms. The van der Waals surface area contributed by atoms with Crippen LogP contribution in [0.2, 0.25) is 0 Å². The van der Waals surface area contributed by atoms with E-state index in [9.17, 15) is 9.90 Å². The lowest BCUT2D eigenvalue weighted by molar-refractivity contribution is -0.150. The van der Waals surface area contributed by atoms with Gasteiger partial charge < -0.3 is 9.84 Å². The maximum absolute atomic E-state index is 11.0. The summed E-state index contributed by atoms with van der Waals surface area (Å²) in [4.78, 5) is 13.3. The molecule has 0 saturated heterocycles. The molecule has 0 spiro atoms. The minimum Gasteiger partial charge on any atom is -0.467 e. The molecule has 0 aromatic carbocycles. The molecule has 1 aromatic rings. The van der Waals surface area contributed by atoms with Crippen LogP contribution in [0.25, 0.3) is 0 Å². The highest BCUT2D eigenvalue weighted by Gasteiger charge is 2.16. The summed E-state index contributed by atoms with van der Waals surface area (Å²) in [5.41, 5.74) is 0. The van der Waals surface area contributed by atoms with E-state index in [1.165, 1.54) is 12.0 Å². The Morgan fingerprint density at radius 1 is 1.53 bits per heavy atom. The number of thiophene rings is 1. The van der Waals surface area contributed by atoms with Gasteiger partial charge in [0.25, 0.3) is 0 Å². The smallest absolute Gasteiger partial charge is 0.335 e. The molecule has 0 aliphatic heterocycles. The number of hydrogen-bond acceptors (Lipinski definition) is 4. The molecule has 1 rings (SSSR count). The second-order valence-corrected chi connectivity index (χ2v) is 4.61. The van der Waals surface area contributed by atoms with Gasteiger partial charge in [-0.25, -0.2) is 4.79 Å². The lowest BCUT2D eigenvalue weighted by atomic mass is 10.2. The molecule has 0 saturated carbocycles. The monoisotopic (exact) mass is 228 g/mol. The van der Waals surface area contributed by atoms with Crippen LogP contribution in [0.5, 0.6) is 0 Å². The predicted molar refractivity (Wildman–Crippen MR) is 60.0 cm³/mol. The maximum atomic E-state index is 11.0. The Morgan fingerprint density at radius 2 is 2.20 bits per heavy atom. The molecule has 0 radical (unpaired) electrons. The molecule has 1 heterocycles. The van der Waals surface area contributed by atoms with Crippen molar-refractivity contribution in [3.05, 3.63) is 21.9 Å². The van der Waals surface area contributed by atoms with Gasteiger partial charge in [-0.1, -0.05) is 13.3 Å². The van der Waals surface area contributed by atoms with E-state index in [-0.39, 0.29) is 0 Å². The average Bonchev–Trinajstić information content (AvgIpc) is 2.65. The average molecular weight is 228 g/mol. The van der Waals surface area contributed by atoms with Gasteiger partial charge in [0.15, 0.2) is 6.10 Å². The van der Waals surface area contributed by atoms with E-state index < -0.39 is 12.1 Å². The summed E-state index contributed by atoms with van der Waals surface area (Å²) in [7, 11) is 1.28. The predicted octanol–water partition coefficient (Wildman–Crippen LogP) is 1.78. The Morgan fingerprint density at radius 3 is 2.80 bits per heavy atom. The van der Waals surface area contributed by atoms with E-state index in [1.807, 2.05) is 12.1 Å². The van der Waals surface area contributed by atoms with Crippen LogP contribution < -0.4 is 0 Å². The third-order valence-corrected chi connectivity index (χ3v) is 3.25. The van der Waals surface area contributed by atoms with Gasteiger partial charge in [-0.05, 0) is 18.6 Å². The molecule has 0 amide bonds. The number of aliphatic hydroxyl groups excluding tert-OH is 1. The minimum absolute atomic E-state index is 0.348. The summed E-state index contributed by atoms with van der Waals surface area (Å²) < 4.78 is 4.45. The number of ether oxygens (including phenoxy) is 1. The zero-order valence-corrected chi connectivity index (χ0v) is 9.84. The van der Waals surface area contributed by atoms with Gasteiger partial charge in [0.2, 0.25) is 0 Å². The number of hydrogen-bond donors (Lipinski definition) is 1. The zero-order valence-electron chi connectivity index (χ0n) is 9.03. The van der Waals surface area contributed by atoms with Gasteiger partial charge in [-0.2, -0.15) is 0 Å². The summed E-state index contributed by atoms with van der Waals surface area (Å²) in [5.74, 6) is -0.569. The highest BCUT2D eigenvalue weighted by molar-refractivity contribution is 7.12. The van der Waals surface area contributed by atoms with Crippen molar-refractivity contribution in [1.29, 1.82) is 0 Å². The van der Waals surface area contributed by atoms with Crippen molar-refractivity contribution < 1.29 is 14.6 Å². The van der Waals surface area contributed by atoms with Gasteiger partial charge >= 0.3 is 5.97 Å². The largest absolute Gasteiger partial charge is 0.467 e. The molecule has 0 bridgehead atoms. The fourth-order valence-corrected chi connectivity index (χ4v) is 2.48.